The third-order valence-corrected chi connectivity index (χ3v) is 2.88. The molecule has 1 aromatic rings. The Morgan fingerprint density at radius 3 is 2.75 bits per heavy atom. The molecule has 0 saturated carbocycles. The van der Waals surface area contributed by atoms with Crippen LogP contribution in [0.4, 0.5) is 0 Å². The van der Waals surface area contributed by atoms with Gasteiger partial charge in [-0.3, -0.25) is 4.79 Å². The molecule has 66 valence electrons. The van der Waals surface area contributed by atoms with Gasteiger partial charge in [-0.25, -0.2) is 0 Å². The first-order chi connectivity index (χ1) is 5.66. The summed E-state index contributed by atoms with van der Waals surface area (Å²) in [5.41, 5.74) is 0.841. The van der Waals surface area contributed by atoms with Crippen molar-refractivity contribution in [3.63, 3.8) is 0 Å². The topological polar surface area (TPSA) is 26.3 Å². The number of esters is 1. The Hall–Kier alpha value is -0.540. The molecule has 1 unspecified atom stereocenters. The zero-order valence-corrected chi connectivity index (χ0v) is 8.41. The number of methoxy groups -OCH3 is 1. The molecule has 0 spiro atoms. The fourth-order valence-electron chi connectivity index (χ4n) is 0.904. The lowest BCUT2D eigenvalue weighted by Crippen LogP contribution is -2.10. The third-order valence-electron chi connectivity index (χ3n) is 1.66. The highest BCUT2D eigenvalue weighted by Crippen LogP contribution is 2.28. The van der Waals surface area contributed by atoms with Crippen LogP contribution in [0.15, 0.2) is 10.8 Å². The lowest BCUT2D eigenvalue weighted by Gasteiger charge is -2.06. The van der Waals surface area contributed by atoms with Crippen molar-refractivity contribution in [2.75, 3.05) is 7.11 Å². The number of thiophene rings is 1. The Morgan fingerprint density at radius 1 is 1.67 bits per heavy atom. The summed E-state index contributed by atoms with van der Waals surface area (Å²) in [4.78, 5) is 11.1. The van der Waals surface area contributed by atoms with Crippen molar-refractivity contribution < 1.29 is 9.53 Å². The van der Waals surface area contributed by atoms with Gasteiger partial charge in [-0.05, 0) is 17.9 Å². The number of carbonyl (C=O) groups excluding carboxylic acids is 1. The SMILES string of the molecule is COC(=O)C(C)c1cscc1Cl. The number of rotatable bonds is 2. The molecule has 0 N–H and O–H groups in total. The summed E-state index contributed by atoms with van der Waals surface area (Å²) in [5, 5.41) is 4.30. The van der Waals surface area contributed by atoms with E-state index in [2.05, 4.69) is 4.74 Å². The van der Waals surface area contributed by atoms with Gasteiger partial charge in [0, 0.05) is 5.38 Å². The Bertz CT molecular complexity index is 282. The molecule has 0 aliphatic heterocycles. The molecule has 0 amide bonds. The summed E-state index contributed by atoms with van der Waals surface area (Å²) in [7, 11) is 1.37. The van der Waals surface area contributed by atoms with E-state index in [1.54, 1.807) is 12.3 Å². The van der Waals surface area contributed by atoms with Crippen LogP contribution in [-0.2, 0) is 9.53 Å². The average Bonchev–Trinajstić information content (AvgIpc) is 2.48. The van der Waals surface area contributed by atoms with Gasteiger partial charge in [0.1, 0.15) is 0 Å². The van der Waals surface area contributed by atoms with E-state index in [1.165, 1.54) is 18.4 Å². The minimum absolute atomic E-state index is 0.254. The molecule has 12 heavy (non-hydrogen) atoms. The van der Waals surface area contributed by atoms with E-state index in [4.69, 9.17) is 11.6 Å². The smallest absolute Gasteiger partial charge is 0.312 e. The predicted molar refractivity (Wildman–Crippen MR) is 49.8 cm³/mol. The zero-order valence-electron chi connectivity index (χ0n) is 6.83. The quantitative estimate of drug-likeness (QED) is 0.693. The van der Waals surface area contributed by atoms with Crippen molar-refractivity contribution >= 4 is 28.9 Å². The van der Waals surface area contributed by atoms with Gasteiger partial charge in [-0.15, -0.1) is 0 Å². The van der Waals surface area contributed by atoms with Crippen LogP contribution in [0.1, 0.15) is 18.4 Å². The summed E-state index contributed by atoms with van der Waals surface area (Å²) in [6.45, 7) is 1.78. The maximum atomic E-state index is 11.1. The minimum atomic E-state index is -0.270. The van der Waals surface area contributed by atoms with Crippen LogP contribution in [0.3, 0.4) is 0 Å². The van der Waals surface area contributed by atoms with E-state index < -0.39 is 0 Å². The average molecular weight is 205 g/mol. The van der Waals surface area contributed by atoms with Crippen molar-refractivity contribution in [2.45, 2.75) is 12.8 Å². The molecule has 1 aromatic heterocycles. The van der Waals surface area contributed by atoms with Crippen LogP contribution in [0.25, 0.3) is 0 Å². The highest BCUT2D eigenvalue weighted by Gasteiger charge is 2.18. The summed E-state index contributed by atoms with van der Waals surface area (Å²) < 4.78 is 4.60. The van der Waals surface area contributed by atoms with Crippen LogP contribution in [0.5, 0.6) is 0 Å². The van der Waals surface area contributed by atoms with Crippen molar-refractivity contribution in [3.05, 3.63) is 21.3 Å². The van der Waals surface area contributed by atoms with Crippen molar-refractivity contribution in [3.8, 4) is 0 Å². The summed E-state index contributed by atoms with van der Waals surface area (Å²) in [5.74, 6) is -0.524. The van der Waals surface area contributed by atoms with Gasteiger partial charge in [-0.2, -0.15) is 11.3 Å². The molecule has 0 aromatic carbocycles. The monoisotopic (exact) mass is 204 g/mol. The molecule has 4 heteroatoms. The van der Waals surface area contributed by atoms with Gasteiger partial charge in [0.05, 0.1) is 18.1 Å². The molecule has 2 nitrogen and oxygen atoms in total. The first-order valence-corrected chi connectivity index (χ1v) is 4.78. The van der Waals surface area contributed by atoms with Gasteiger partial charge < -0.3 is 4.74 Å². The van der Waals surface area contributed by atoms with E-state index in [0.717, 1.165) is 5.56 Å². The van der Waals surface area contributed by atoms with Gasteiger partial charge >= 0.3 is 5.97 Å². The van der Waals surface area contributed by atoms with Crippen molar-refractivity contribution in [1.82, 2.24) is 0 Å². The lowest BCUT2D eigenvalue weighted by atomic mass is 10.1. The molecule has 1 heterocycles. The van der Waals surface area contributed by atoms with E-state index in [0.29, 0.717) is 5.02 Å². The summed E-state index contributed by atoms with van der Waals surface area (Å²) >= 11 is 7.32. The lowest BCUT2D eigenvalue weighted by molar-refractivity contribution is -0.141. The van der Waals surface area contributed by atoms with Crippen LogP contribution in [-0.4, -0.2) is 13.1 Å². The number of hydrogen-bond acceptors (Lipinski definition) is 3. The first kappa shape index (κ1) is 9.55. The molecule has 0 aliphatic carbocycles. The third kappa shape index (κ3) is 1.79. The largest absolute Gasteiger partial charge is 0.469 e. The predicted octanol–water partition coefficient (Wildman–Crippen LogP) is 2.68. The molecule has 0 radical (unpaired) electrons. The van der Waals surface area contributed by atoms with E-state index in [-0.39, 0.29) is 11.9 Å². The first-order valence-electron chi connectivity index (χ1n) is 3.46. The molecule has 0 saturated heterocycles. The van der Waals surface area contributed by atoms with E-state index >= 15 is 0 Å². The Kier molecular flexibility index (Phi) is 3.12. The second kappa shape index (κ2) is 3.92. The molecule has 0 bridgehead atoms. The highest BCUT2D eigenvalue weighted by atomic mass is 35.5. The highest BCUT2D eigenvalue weighted by molar-refractivity contribution is 7.08. The molecule has 1 rings (SSSR count). The van der Waals surface area contributed by atoms with Crippen LogP contribution in [0.2, 0.25) is 5.02 Å². The number of carbonyl (C=O) groups is 1. The Labute approximate surface area is 80.1 Å². The maximum absolute atomic E-state index is 11.1. The maximum Gasteiger partial charge on any atom is 0.312 e. The molecule has 1 atom stereocenters. The van der Waals surface area contributed by atoms with Gasteiger partial charge in [0.15, 0.2) is 0 Å². The van der Waals surface area contributed by atoms with Crippen LogP contribution >= 0.6 is 22.9 Å². The summed E-state index contributed by atoms with van der Waals surface area (Å²) in [6, 6.07) is 0. The van der Waals surface area contributed by atoms with Crippen molar-refractivity contribution in [1.29, 1.82) is 0 Å². The van der Waals surface area contributed by atoms with Crippen LogP contribution in [0, 0.1) is 0 Å². The Balaban J connectivity index is 2.84. The number of halogens is 1. The van der Waals surface area contributed by atoms with E-state index in [9.17, 15) is 4.79 Å². The van der Waals surface area contributed by atoms with E-state index in [1.807, 2.05) is 5.38 Å². The van der Waals surface area contributed by atoms with Gasteiger partial charge in [0.25, 0.3) is 0 Å². The van der Waals surface area contributed by atoms with Gasteiger partial charge in [-0.1, -0.05) is 11.6 Å². The fourth-order valence-corrected chi connectivity index (χ4v) is 2.14. The molecule has 0 fully saturated rings. The van der Waals surface area contributed by atoms with Gasteiger partial charge in [0.2, 0.25) is 0 Å². The molecular weight excluding hydrogens is 196 g/mol. The molecule has 0 aliphatic rings. The standard InChI is InChI=1S/C8H9ClO2S/c1-5(8(10)11-2)6-3-12-4-7(6)9/h3-5H,1-2H3. The van der Waals surface area contributed by atoms with Crippen molar-refractivity contribution in [2.24, 2.45) is 0 Å². The minimum Gasteiger partial charge on any atom is -0.469 e. The summed E-state index contributed by atoms with van der Waals surface area (Å²) in [6.07, 6.45) is 0. The molecular formula is C8H9ClO2S. The number of hydrogen-bond donors (Lipinski definition) is 0. The zero-order chi connectivity index (χ0) is 9.14. The normalized spacial score (nSPS) is 12.6. The van der Waals surface area contributed by atoms with Crippen LogP contribution < -0.4 is 0 Å². The fraction of sp³-hybridized carbons (Fsp3) is 0.375. The Morgan fingerprint density at radius 2 is 2.33 bits per heavy atom. The second-order valence-electron chi connectivity index (χ2n) is 2.42. The number of ether oxygens (including phenoxy) is 1. The second-order valence-corrected chi connectivity index (χ2v) is 3.57.